The minimum Gasteiger partial charge on any atom is -0.497 e. The SMILES string of the molecule is COc1ccc(C(C)(O)c2cnc(C(F)(F)F)s2)cc1. The number of methoxy groups -OCH3 is 1. The maximum Gasteiger partial charge on any atom is 0.443 e. The number of alkyl halides is 3. The van der Waals surface area contributed by atoms with E-state index in [0.29, 0.717) is 22.6 Å². The molecular formula is C13H12F3NO2S. The van der Waals surface area contributed by atoms with E-state index in [9.17, 15) is 18.3 Å². The molecule has 0 radical (unpaired) electrons. The summed E-state index contributed by atoms with van der Waals surface area (Å²) >= 11 is 0.434. The van der Waals surface area contributed by atoms with Crippen molar-refractivity contribution in [2.45, 2.75) is 18.7 Å². The summed E-state index contributed by atoms with van der Waals surface area (Å²) in [6, 6.07) is 6.47. The fourth-order valence-corrected chi connectivity index (χ4v) is 2.54. The molecule has 2 rings (SSSR count). The molecular weight excluding hydrogens is 291 g/mol. The highest BCUT2D eigenvalue weighted by atomic mass is 32.1. The Balaban J connectivity index is 2.35. The van der Waals surface area contributed by atoms with Gasteiger partial charge >= 0.3 is 6.18 Å². The first-order chi connectivity index (χ1) is 9.25. The molecule has 1 aromatic carbocycles. The van der Waals surface area contributed by atoms with Crippen LogP contribution in [0.15, 0.2) is 30.5 Å². The molecule has 3 nitrogen and oxygen atoms in total. The monoisotopic (exact) mass is 303 g/mol. The van der Waals surface area contributed by atoms with E-state index in [4.69, 9.17) is 4.74 Å². The fourth-order valence-electron chi connectivity index (χ4n) is 1.69. The Bertz CT molecular complexity index is 590. The summed E-state index contributed by atoms with van der Waals surface area (Å²) < 4.78 is 42.6. The van der Waals surface area contributed by atoms with Crippen LogP contribution in [0.1, 0.15) is 22.4 Å². The van der Waals surface area contributed by atoms with Crippen molar-refractivity contribution in [3.63, 3.8) is 0 Å². The van der Waals surface area contributed by atoms with Crippen LogP contribution >= 0.6 is 11.3 Å². The second kappa shape index (κ2) is 5.06. The van der Waals surface area contributed by atoms with Crippen LogP contribution in [0.4, 0.5) is 13.2 Å². The van der Waals surface area contributed by atoms with Crippen LogP contribution in [-0.4, -0.2) is 17.2 Å². The van der Waals surface area contributed by atoms with Crippen molar-refractivity contribution in [1.82, 2.24) is 4.98 Å². The Labute approximate surface area is 117 Å². The second-order valence-corrected chi connectivity index (χ2v) is 5.36. The lowest BCUT2D eigenvalue weighted by molar-refractivity contribution is -0.137. The summed E-state index contributed by atoms with van der Waals surface area (Å²) in [5.41, 5.74) is -1.07. The highest BCUT2D eigenvalue weighted by molar-refractivity contribution is 7.11. The molecule has 108 valence electrons. The van der Waals surface area contributed by atoms with Gasteiger partial charge in [-0.15, -0.1) is 11.3 Å². The smallest absolute Gasteiger partial charge is 0.443 e. The van der Waals surface area contributed by atoms with Gasteiger partial charge in [0.25, 0.3) is 0 Å². The normalized spacial score (nSPS) is 14.9. The third kappa shape index (κ3) is 2.78. The summed E-state index contributed by atoms with van der Waals surface area (Å²) in [4.78, 5) is 3.46. The van der Waals surface area contributed by atoms with Gasteiger partial charge in [0, 0.05) is 6.20 Å². The molecule has 0 bridgehead atoms. The van der Waals surface area contributed by atoms with Gasteiger partial charge in [-0.05, 0) is 24.6 Å². The number of hydrogen-bond donors (Lipinski definition) is 1. The van der Waals surface area contributed by atoms with Gasteiger partial charge in [-0.25, -0.2) is 4.98 Å². The summed E-state index contributed by atoms with van der Waals surface area (Å²) in [7, 11) is 1.51. The second-order valence-electron chi connectivity index (χ2n) is 4.33. The zero-order valence-electron chi connectivity index (χ0n) is 10.7. The van der Waals surface area contributed by atoms with Crippen LogP contribution in [0.2, 0.25) is 0 Å². The average Bonchev–Trinajstić information content (AvgIpc) is 2.89. The van der Waals surface area contributed by atoms with E-state index < -0.39 is 16.8 Å². The van der Waals surface area contributed by atoms with Crippen LogP contribution in [-0.2, 0) is 11.8 Å². The molecule has 1 atom stereocenters. The van der Waals surface area contributed by atoms with E-state index in [1.54, 1.807) is 24.3 Å². The maximum atomic E-state index is 12.5. The van der Waals surface area contributed by atoms with Crippen molar-refractivity contribution in [2.24, 2.45) is 0 Å². The zero-order chi connectivity index (χ0) is 15.0. The van der Waals surface area contributed by atoms with Gasteiger partial charge in [0.1, 0.15) is 11.4 Å². The molecule has 1 aromatic heterocycles. The molecule has 1 N–H and O–H groups in total. The maximum absolute atomic E-state index is 12.5. The number of aromatic nitrogens is 1. The zero-order valence-corrected chi connectivity index (χ0v) is 11.5. The van der Waals surface area contributed by atoms with Crippen molar-refractivity contribution >= 4 is 11.3 Å². The Morgan fingerprint density at radius 3 is 2.25 bits per heavy atom. The van der Waals surface area contributed by atoms with Crippen LogP contribution in [0.25, 0.3) is 0 Å². The van der Waals surface area contributed by atoms with Gasteiger partial charge in [0.15, 0.2) is 5.01 Å². The van der Waals surface area contributed by atoms with Gasteiger partial charge in [-0.1, -0.05) is 12.1 Å². The Morgan fingerprint density at radius 1 is 1.20 bits per heavy atom. The molecule has 0 amide bonds. The molecule has 0 saturated heterocycles. The first-order valence-electron chi connectivity index (χ1n) is 5.65. The summed E-state index contributed by atoms with van der Waals surface area (Å²) in [6.45, 7) is 1.43. The molecule has 1 heterocycles. The molecule has 7 heteroatoms. The minimum atomic E-state index is -4.50. The summed E-state index contributed by atoms with van der Waals surface area (Å²) in [5.74, 6) is 0.602. The standard InChI is InChI=1S/C13H12F3NO2S/c1-12(18,8-3-5-9(19-2)6-4-8)10-7-17-11(20-10)13(14,15)16/h3-7,18H,1-2H3. The number of ether oxygens (including phenoxy) is 1. The molecule has 20 heavy (non-hydrogen) atoms. The topological polar surface area (TPSA) is 42.4 Å². The molecule has 2 aromatic rings. The average molecular weight is 303 g/mol. The van der Waals surface area contributed by atoms with Crippen molar-refractivity contribution in [3.8, 4) is 5.75 Å². The third-order valence-corrected chi connectivity index (χ3v) is 4.13. The first-order valence-corrected chi connectivity index (χ1v) is 6.47. The van der Waals surface area contributed by atoms with Crippen LogP contribution in [0.5, 0.6) is 5.75 Å². The Kier molecular flexibility index (Phi) is 3.75. The van der Waals surface area contributed by atoms with Gasteiger partial charge in [0.05, 0.1) is 12.0 Å². The highest BCUT2D eigenvalue weighted by Crippen LogP contribution is 2.38. The van der Waals surface area contributed by atoms with Crippen LogP contribution < -0.4 is 4.74 Å². The molecule has 0 aliphatic carbocycles. The number of rotatable bonds is 3. The van der Waals surface area contributed by atoms with E-state index in [0.717, 1.165) is 6.20 Å². The van der Waals surface area contributed by atoms with Gasteiger partial charge in [0.2, 0.25) is 0 Å². The van der Waals surface area contributed by atoms with E-state index in [1.165, 1.54) is 14.0 Å². The number of thiazole rings is 1. The van der Waals surface area contributed by atoms with Crippen molar-refractivity contribution < 1.29 is 23.0 Å². The predicted octanol–water partition coefficient (Wildman–Crippen LogP) is 3.43. The fraction of sp³-hybridized carbons (Fsp3) is 0.308. The molecule has 0 aliphatic heterocycles. The number of benzene rings is 1. The molecule has 0 saturated carbocycles. The first kappa shape index (κ1) is 14.8. The van der Waals surface area contributed by atoms with E-state index in [-0.39, 0.29) is 4.88 Å². The van der Waals surface area contributed by atoms with E-state index >= 15 is 0 Å². The molecule has 1 unspecified atom stereocenters. The summed E-state index contributed by atoms with van der Waals surface area (Å²) in [6.07, 6.45) is -3.45. The quantitative estimate of drug-likeness (QED) is 0.944. The summed E-state index contributed by atoms with van der Waals surface area (Å²) in [5, 5.41) is 9.49. The van der Waals surface area contributed by atoms with Crippen LogP contribution in [0, 0.1) is 0 Å². The number of hydrogen-bond acceptors (Lipinski definition) is 4. The Morgan fingerprint density at radius 2 is 1.80 bits per heavy atom. The van der Waals surface area contributed by atoms with E-state index in [2.05, 4.69) is 4.98 Å². The van der Waals surface area contributed by atoms with Crippen molar-refractivity contribution in [3.05, 3.63) is 45.9 Å². The molecule has 0 spiro atoms. The lowest BCUT2D eigenvalue weighted by Crippen LogP contribution is -2.21. The molecule has 0 aliphatic rings. The minimum absolute atomic E-state index is 0.134. The van der Waals surface area contributed by atoms with Crippen molar-refractivity contribution in [2.75, 3.05) is 7.11 Å². The largest absolute Gasteiger partial charge is 0.497 e. The number of nitrogens with zero attached hydrogens (tertiary/aromatic N) is 1. The van der Waals surface area contributed by atoms with Gasteiger partial charge in [-0.3, -0.25) is 0 Å². The predicted molar refractivity (Wildman–Crippen MR) is 68.8 cm³/mol. The van der Waals surface area contributed by atoms with E-state index in [1.807, 2.05) is 0 Å². The van der Waals surface area contributed by atoms with Gasteiger partial charge in [-0.2, -0.15) is 13.2 Å². The lowest BCUT2D eigenvalue weighted by Gasteiger charge is -2.22. The van der Waals surface area contributed by atoms with Crippen molar-refractivity contribution in [1.29, 1.82) is 0 Å². The number of aliphatic hydroxyl groups is 1. The third-order valence-electron chi connectivity index (χ3n) is 2.88. The Hall–Kier alpha value is -1.60. The molecule has 0 fully saturated rings. The van der Waals surface area contributed by atoms with Crippen LogP contribution in [0.3, 0.4) is 0 Å². The lowest BCUT2D eigenvalue weighted by atomic mass is 9.95. The van der Waals surface area contributed by atoms with Gasteiger partial charge < -0.3 is 9.84 Å². The highest BCUT2D eigenvalue weighted by Gasteiger charge is 2.37. The number of halogens is 3.